The first-order valence-electron chi connectivity index (χ1n) is 8.02. The number of ether oxygens (including phenoxy) is 1. The van der Waals surface area contributed by atoms with E-state index in [0.29, 0.717) is 13.2 Å². The highest BCUT2D eigenvalue weighted by Gasteiger charge is 2.02. The molecule has 24 heavy (non-hydrogen) atoms. The summed E-state index contributed by atoms with van der Waals surface area (Å²) in [5, 5.41) is 6.65. The maximum atomic E-state index is 5.25. The van der Waals surface area contributed by atoms with Crippen molar-refractivity contribution in [2.45, 2.75) is 26.6 Å². The lowest BCUT2D eigenvalue weighted by Crippen LogP contribution is -2.38. The number of rotatable bonds is 8. The van der Waals surface area contributed by atoms with Gasteiger partial charge in [0, 0.05) is 39.1 Å². The number of guanidine groups is 1. The first-order chi connectivity index (χ1) is 11.3. The number of halogens is 1. The molecule has 5 nitrogen and oxygen atoms in total. The van der Waals surface area contributed by atoms with Crippen LogP contribution < -0.4 is 10.6 Å². The molecule has 0 saturated carbocycles. The molecule has 0 aliphatic rings. The number of aromatic nitrogens is 1. The van der Waals surface area contributed by atoms with E-state index in [1.165, 1.54) is 11.1 Å². The van der Waals surface area contributed by atoms with Crippen LogP contribution in [0.25, 0.3) is 0 Å². The SMILES string of the molecule is CCNC(=NCc1ccccc1COC)NCCn1cccc1.I. The Morgan fingerprint density at radius 1 is 1.08 bits per heavy atom. The maximum absolute atomic E-state index is 5.25. The van der Waals surface area contributed by atoms with Crippen molar-refractivity contribution in [2.24, 2.45) is 4.99 Å². The molecule has 6 heteroatoms. The van der Waals surface area contributed by atoms with Gasteiger partial charge in [-0.15, -0.1) is 24.0 Å². The van der Waals surface area contributed by atoms with Crippen molar-refractivity contribution >= 4 is 29.9 Å². The molecule has 0 aliphatic heterocycles. The quantitative estimate of drug-likeness (QED) is 0.376. The Morgan fingerprint density at radius 3 is 2.46 bits per heavy atom. The van der Waals surface area contributed by atoms with Gasteiger partial charge in [-0.2, -0.15) is 0 Å². The first kappa shape index (κ1) is 20.5. The zero-order valence-corrected chi connectivity index (χ0v) is 16.7. The van der Waals surface area contributed by atoms with Crippen LogP contribution in [0.2, 0.25) is 0 Å². The normalized spacial score (nSPS) is 11.0. The summed E-state index contributed by atoms with van der Waals surface area (Å²) in [6.45, 7) is 5.91. The molecular formula is C18H27IN4O. The van der Waals surface area contributed by atoms with Gasteiger partial charge in [-0.1, -0.05) is 24.3 Å². The molecule has 2 N–H and O–H groups in total. The van der Waals surface area contributed by atoms with Crippen LogP contribution in [0.15, 0.2) is 53.8 Å². The van der Waals surface area contributed by atoms with E-state index in [4.69, 9.17) is 4.74 Å². The van der Waals surface area contributed by atoms with Crippen molar-refractivity contribution in [3.05, 3.63) is 59.9 Å². The topological polar surface area (TPSA) is 50.6 Å². The Balaban J connectivity index is 0.00000288. The zero-order valence-electron chi connectivity index (χ0n) is 14.4. The van der Waals surface area contributed by atoms with Crippen molar-refractivity contribution in [3.8, 4) is 0 Å². The van der Waals surface area contributed by atoms with E-state index in [9.17, 15) is 0 Å². The van der Waals surface area contributed by atoms with Crippen molar-refractivity contribution in [3.63, 3.8) is 0 Å². The summed E-state index contributed by atoms with van der Waals surface area (Å²) in [6.07, 6.45) is 4.12. The van der Waals surface area contributed by atoms with Gasteiger partial charge in [-0.05, 0) is 30.2 Å². The summed E-state index contributed by atoms with van der Waals surface area (Å²) in [5.74, 6) is 0.840. The van der Waals surface area contributed by atoms with Gasteiger partial charge in [0.15, 0.2) is 5.96 Å². The van der Waals surface area contributed by atoms with Crippen LogP contribution in [0.3, 0.4) is 0 Å². The third-order valence-electron chi connectivity index (χ3n) is 3.50. The molecule has 2 rings (SSSR count). The van der Waals surface area contributed by atoms with Crippen LogP contribution in [-0.4, -0.2) is 30.7 Å². The number of nitrogens with zero attached hydrogens (tertiary/aromatic N) is 2. The average molecular weight is 442 g/mol. The van der Waals surface area contributed by atoms with E-state index < -0.39 is 0 Å². The van der Waals surface area contributed by atoms with Gasteiger partial charge in [0.1, 0.15) is 0 Å². The molecule has 1 aromatic carbocycles. The monoisotopic (exact) mass is 442 g/mol. The Hall–Kier alpha value is -1.54. The number of methoxy groups -OCH3 is 1. The maximum Gasteiger partial charge on any atom is 0.191 e. The largest absolute Gasteiger partial charge is 0.380 e. The predicted molar refractivity (Wildman–Crippen MR) is 110 cm³/mol. The van der Waals surface area contributed by atoms with E-state index in [1.54, 1.807) is 7.11 Å². The molecule has 132 valence electrons. The second-order valence-electron chi connectivity index (χ2n) is 5.24. The molecule has 1 aromatic heterocycles. The second-order valence-corrected chi connectivity index (χ2v) is 5.24. The highest BCUT2D eigenvalue weighted by molar-refractivity contribution is 14.0. The first-order valence-corrected chi connectivity index (χ1v) is 8.02. The second kappa shape index (κ2) is 11.9. The van der Waals surface area contributed by atoms with Crippen LogP contribution in [0.4, 0.5) is 0 Å². The molecule has 0 spiro atoms. The summed E-state index contributed by atoms with van der Waals surface area (Å²) in [4.78, 5) is 4.68. The van der Waals surface area contributed by atoms with E-state index in [1.807, 2.05) is 24.3 Å². The molecule has 0 radical (unpaired) electrons. The molecule has 2 aromatic rings. The summed E-state index contributed by atoms with van der Waals surface area (Å²) < 4.78 is 7.39. The summed E-state index contributed by atoms with van der Waals surface area (Å²) in [7, 11) is 1.72. The fraction of sp³-hybridized carbons (Fsp3) is 0.389. The molecule has 0 atom stereocenters. The lowest BCUT2D eigenvalue weighted by Gasteiger charge is -2.12. The third-order valence-corrected chi connectivity index (χ3v) is 3.50. The van der Waals surface area contributed by atoms with Crippen LogP contribution in [-0.2, 0) is 24.4 Å². The lowest BCUT2D eigenvalue weighted by molar-refractivity contribution is 0.184. The number of hydrogen-bond donors (Lipinski definition) is 2. The lowest BCUT2D eigenvalue weighted by atomic mass is 10.1. The van der Waals surface area contributed by atoms with Gasteiger partial charge in [-0.25, -0.2) is 4.99 Å². The van der Waals surface area contributed by atoms with Gasteiger partial charge in [-0.3, -0.25) is 0 Å². The van der Waals surface area contributed by atoms with Gasteiger partial charge in [0.05, 0.1) is 13.2 Å². The molecule has 0 aliphatic carbocycles. The van der Waals surface area contributed by atoms with Crippen molar-refractivity contribution < 1.29 is 4.74 Å². The van der Waals surface area contributed by atoms with Gasteiger partial charge in [0.2, 0.25) is 0 Å². The van der Waals surface area contributed by atoms with E-state index >= 15 is 0 Å². The van der Waals surface area contributed by atoms with Crippen molar-refractivity contribution in [1.29, 1.82) is 0 Å². The average Bonchev–Trinajstić information content (AvgIpc) is 3.07. The number of nitrogens with one attached hydrogen (secondary N) is 2. The fourth-order valence-electron chi connectivity index (χ4n) is 2.34. The molecule has 0 bridgehead atoms. The minimum Gasteiger partial charge on any atom is -0.380 e. The van der Waals surface area contributed by atoms with Crippen LogP contribution in [0.5, 0.6) is 0 Å². The minimum absolute atomic E-state index is 0. The summed E-state index contributed by atoms with van der Waals surface area (Å²) in [6, 6.07) is 12.3. The summed E-state index contributed by atoms with van der Waals surface area (Å²) >= 11 is 0. The molecular weight excluding hydrogens is 415 g/mol. The Kier molecular flexibility index (Phi) is 10.2. The Labute approximate surface area is 161 Å². The van der Waals surface area contributed by atoms with Crippen LogP contribution in [0.1, 0.15) is 18.1 Å². The Morgan fingerprint density at radius 2 is 1.79 bits per heavy atom. The van der Waals surface area contributed by atoms with Crippen molar-refractivity contribution in [1.82, 2.24) is 15.2 Å². The van der Waals surface area contributed by atoms with Crippen LogP contribution >= 0.6 is 24.0 Å². The smallest absolute Gasteiger partial charge is 0.191 e. The Bertz CT molecular complexity index is 599. The van der Waals surface area contributed by atoms with Gasteiger partial charge < -0.3 is 19.9 Å². The van der Waals surface area contributed by atoms with Crippen LogP contribution in [0, 0.1) is 0 Å². The number of hydrogen-bond acceptors (Lipinski definition) is 2. The molecule has 1 heterocycles. The third kappa shape index (κ3) is 6.92. The minimum atomic E-state index is 0. The molecule has 0 unspecified atom stereocenters. The summed E-state index contributed by atoms with van der Waals surface area (Å²) in [5.41, 5.74) is 2.37. The molecule has 0 saturated heterocycles. The number of benzene rings is 1. The van der Waals surface area contributed by atoms with Gasteiger partial charge in [0.25, 0.3) is 0 Å². The van der Waals surface area contributed by atoms with E-state index in [2.05, 4.69) is 51.6 Å². The fourth-order valence-corrected chi connectivity index (χ4v) is 2.34. The highest BCUT2D eigenvalue weighted by Crippen LogP contribution is 2.11. The van der Waals surface area contributed by atoms with E-state index in [-0.39, 0.29) is 24.0 Å². The highest BCUT2D eigenvalue weighted by atomic mass is 127. The number of aliphatic imine (C=N–C) groups is 1. The zero-order chi connectivity index (χ0) is 16.3. The van der Waals surface area contributed by atoms with Gasteiger partial charge >= 0.3 is 0 Å². The molecule has 0 amide bonds. The standard InChI is InChI=1S/C18H26N4O.HI/c1-3-19-18(20-10-13-22-11-6-7-12-22)21-14-16-8-4-5-9-17(16)15-23-2;/h4-9,11-12H,3,10,13-15H2,1-2H3,(H2,19,20,21);1H. The van der Waals surface area contributed by atoms with E-state index in [0.717, 1.165) is 25.6 Å². The predicted octanol–water partition coefficient (Wildman–Crippen LogP) is 3.01. The van der Waals surface area contributed by atoms with Crippen molar-refractivity contribution in [2.75, 3.05) is 20.2 Å². The molecule has 0 fully saturated rings.